The molecule has 2 nitrogen and oxygen atoms in total. The molecule has 4 aromatic rings. The first kappa shape index (κ1) is 19.7. The van der Waals surface area contributed by atoms with Crippen LogP contribution in [-0.4, -0.2) is 9.97 Å². The van der Waals surface area contributed by atoms with Crippen molar-refractivity contribution in [3.63, 3.8) is 0 Å². The van der Waals surface area contributed by atoms with E-state index in [9.17, 15) is 0 Å². The molecule has 0 N–H and O–H groups in total. The predicted molar refractivity (Wildman–Crippen MR) is 102 cm³/mol. The van der Waals surface area contributed by atoms with E-state index in [-0.39, 0.29) is 21.1 Å². The molecule has 0 radical (unpaired) electrons. The van der Waals surface area contributed by atoms with Crippen molar-refractivity contribution in [2.75, 3.05) is 0 Å². The van der Waals surface area contributed by atoms with Gasteiger partial charge in [-0.15, -0.1) is 10.8 Å². The molecule has 4 rings (SSSR count). The van der Waals surface area contributed by atoms with E-state index in [0.717, 1.165) is 21.1 Å². The van der Waals surface area contributed by atoms with Crippen molar-refractivity contribution in [3.8, 4) is 21.1 Å². The number of thiophene rings is 2. The minimum absolute atomic E-state index is 0. The molecule has 0 fully saturated rings. The fourth-order valence-corrected chi connectivity index (χ4v) is 3.36. The molecule has 0 aliphatic carbocycles. The number of nitrogens with zero attached hydrogens (tertiary/aromatic N) is 2. The van der Waals surface area contributed by atoms with Crippen LogP contribution in [0.5, 0.6) is 0 Å². The number of aromatic nitrogens is 2. The molecule has 0 saturated carbocycles. The summed E-state index contributed by atoms with van der Waals surface area (Å²) in [5, 5.41) is 4.03. The molecule has 4 aromatic heterocycles. The quantitative estimate of drug-likeness (QED) is 0.297. The van der Waals surface area contributed by atoms with E-state index in [1.54, 1.807) is 22.7 Å². The third-order valence-corrected chi connectivity index (χ3v) is 4.90. The van der Waals surface area contributed by atoms with Crippen LogP contribution in [0.2, 0.25) is 0 Å². The summed E-state index contributed by atoms with van der Waals surface area (Å²) in [6.45, 7) is 4.14. The van der Waals surface area contributed by atoms with Crippen LogP contribution < -0.4 is 0 Å². The van der Waals surface area contributed by atoms with E-state index < -0.39 is 0 Å². The fourth-order valence-electron chi connectivity index (χ4n) is 2.08. The van der Waals surface area contributed by atoms with Crippen LogP contribution in [0.1, 0.15) is 11.1 Å². The average molecular weight is 544 g/mol. The number of hydrogen-bond donors (Lipinski definition) is 0. The summed E-state index contributed by atoms with van der Waals surface area (Å²) in [6, 6.07) is 18.3. The van der Waals surface area contributed by atoms with Gasteiger partial charge in [0.1, 0.15) is 0 Å². The van der Waals surface area contributed by atoms with Gasteiger partial charge in [0.15, 0.2) is 0 Å². The summed E-state index contributed by atoms with van der Waals surface area (Å²) in [7, 11) is 0. The monoisotopic (exact) mass is 543 g/mol. The first-order valence-corrected chi connectivity index (χ1v) is 9.25. The Bertz CT molecular complexity index is 812. The van der Waals surface area contributed by atoms with Crippen molar-refractivity contribution in [3.05, 3.63) is 82.8 Å². The number of rotatable bonds is 2. The van der Waals surface area contributed by atoms with E-state index in [4.69, 9.17) is 0 Å². The summed E-state index contributed by atoms with van der Waals surface area (Å²) in [5.41, 5.74) is 4.51. The van der Waals surface area contributed by atoms with Crippen LogP contribution in [0.4, 0.5) is 0 Å². The van der Waals surface area contributed by atoms with Crippen molar-refractivity contribution in [2.24, 2.45) is 0 Å². The van der Waals surface area contributed by atoms with Crippen LogP contribution in [0.15, 0.2) is 59.6 Å². The Kier molecular flexibility index (Phi) is 7.70. The second kappa shape index (κ2) is 9.76. The maximum absolute atomic E-state index is 4.26. The number of hydrogen-bond acceptors (Lipinski definition) is 4. The maximum Gasteiger partial charge on any atom is 2.00 e. The van der Waals surface area contributed by atoms with Gasteiger partial charge < -0.3 is 9.97 Å². The molecule has 0 unspecified atom stereocenters. The molecular weight excluding hydrogens is 527 g/mol. The summed E-state index contributed by atoms with van der Waals surface area (Å²) >= 11 is 3.33. The molecule has 0 atom stereocenters. The Morgan fingerprint density at radius 3 is 1.52 bits per heavy atom. The third-order valence-electron chi connectivity index (χ3n) is 3.23. The van der Waals surface area contributed by atoms with Gasteiger partial charge >= 0.3 is 21.1 Å². The molecule has 4 heterocycles. The van der Waals surface area contributed by atoms with Crippen molar-refractivity contribution in [1.82, 2.24) is 9.97 Å². The first-order valence-electron chi connectivity index (χ1n) is 7.49. The minimum atomic E-state index is 0. The zero-order chi connectivity index (χ0) is 16.8. The van der Waals surface area contributed by atoms with Crippen molar-refractivity contribution in [1.29, 1.82) is 0 Å². The van der Waals surface area contributed by atoms with Gasteiger partial charge in [-0.3, -0.25) is 0 Å². The molecule has 0 bridgehead atoms. The van der Waals surface area contributed by atoms with Crippen LogP contribution in [0.3, 0.4) is 0 Å². The van der Waals surface area contributed by atoms with Gasteiger partial charge in [0.2, 0.25) is 0 Å². The minimum Gasteiger partial charge on any atom is -0.319 e. The SMILES string of the molecule is Cc1ccnc(-c2[c-]ccs2)c1.Cc1ccnc(-c2[c-]ccs2)c1.[Pt+2]. The Morgan fingerprint density at radius 1 is 0.760 bits per heavy atom. The van der Waals surface area contributed by atoms with Crippen molar-refractivity contribution < 1.29 is 21.1 Å². The topological polar surface area (TPSA) is 25.8 Å². The average Bonchev–Trinajstić information content (AvgIpc) is 3.29. The van der Waals surface area contributed by atoms with Gasteiger partial charge in [0.05, 0.1) is 0 Å². The van der Waals surface area contributed by atoms with Crippen molar-refractivity contribution in [2.45, 2.75) is 13.8 Å². The van der Waals surface area contributed by atoms with Crippen molar-refractivity contribution >= 4 is 22.7 Å². The molecular formula is C20H16N2PtS2. The van der Waals surface area contributed by atoms with Gasteiger partial charge in [-0.2, -0.15) is 24.3 Å². The van der Waals surface area contributed by atoms with Gasteiger partial charge in [0.25, 0.3) is 0 Å². The Hall–Kier alpha value is -1.61. The van der Waals surface area contributed by atoms with Gasteiger partial charge in [0, 0.05) is 12.4 Å². The van der Waals surface area contributed by atoms with Gasteiger partial charge in [-0.1, -0.05) is 33.0 Å². The normalized spacial score (nSPS) is 9.68. The molecule has 0 amide bonds. The van der Waals surface area contributed by atoms with E-state index >= 15 is 0 Å². The Labute approximate surface area is 170 Å². The Morgan fingerprint density at radius 2 is 1.20 bits per heavy atom. The third kappa shape index (κ3) is 5.71. The Balaban J connectivity index is 0.000000173. The summed E-state index contributed by atoms with van der Waals surface area (Å²) < 4.78 is 0. The smallest absolute Gasteiger partial charge is 0.319 e. The molecule has 0 spiro atoms. The van der Waals surface area contributed by atoms with E-state index in [1.807, 2.05) is 47.4 Å². The largest absolute Gasteiger partial charge is 2.00 e. The second-order valence-electron chi connectivity index (χ2n) is 5.22. The molecule has 0 aromatic carbocycles. The summed E-state index contributed by atoms with van der Waals surface area (Å²) in [6.07, 6.45) is 3.66. The van der Waals surface area contributed by atoms with Gasteiger partial charge in [-0.25, -0.2) is 22.7 Å². The molecule has 25 heavy (non-hydrogen) atoms. The molecule has 0 aliphatic heterocycles. The van der Waals surface area contributed by atoms with E-state index in [1.165, 1.54) is 11.1 Å². The standard InChI is InChI=1S/2C10H8NS.Pt/c2*1-8-4-5-11-9(7-8)10-3-2-6-12-10;/h2*2,4-7H,1H3;/q2*-1;+2. The zero-order valence-corrected chi connectivity index (χ0v) is 17.7. The second-order valence-corrected chi connectivity index (χ2v) is 7.06. The zero-order valence-electron chi connectivity index (χ0n) is 13.8. The summed E-state index contributed by atoms with van der Waals surface area (Å²) in [5.74, 6) is 0. The number of pyridine rings is 2. The fraction of sp³-hybridized carbons (Fsp3) is 0.100. The van der Waals surface area contributed by atoms with Crippen LogP contribution in [0.25, 0.3) is 21.1 Å². The maximum atomic E-state index is 4.26. The molecule has 128 valence electrons. The predicted octanol–water partition coefficient (Wildman–Crippen LogP) is 5.83. The van der Waals surface area contributed by atoms with E-state index in [0.29, 0.717) is 0 Å². The van der Waals surface area contributed by atoms with Crippen LogP contribution in [0, 0.1) is 26.0 Å². The molecule has 0 aliphatic rings. The summed E-state index contributed by atoms with van der Waals surface area (Å²) in [4.78, 5) is 10.7. The van der Waals surface area contributed by atoms with Gasteiger partial charge in [-0.05, 0) is 37.4 Å². The first-order chi connectivity index (χ1) is 11.7. The van der Waals surface area contributed by atoms with E-state index in [2.05, 4.69) is 48.1 Å². The molecule has 5 heteroatoms. The molecule has 0 saturated heterocycles. The van der Waals surface area contributed by atoms with Crippen LogP contribution >= 0.6 is 22.7 Å². The van der Waals surface area contributed by atoms with Crippen LogP contribution in [-0.2, 0) is 21.1 Å². The number of aryl methyl sites for hydroxylation is 2.